The van der Waals surface area contributed by atoms with Gasteiger partial charge in [0, 0.05) is 35.5 Å². The standard InChI is InChI=1S/C25H27FN4O4/c1-5-29-22-12-20(26)17(10-19(22)15(2)13-25(29,3)4)11-21-23(31)28(24(32)27-21)14-16-6-8-18(9-7-16)30(33)34/h6-12,15H,5,13-14H2,1-4H3,(H,27,32)/b21-11+. The van der Waals surface area contributed by atoms with Crippen molar-refractivity contribution in [2.45, 2.75) is 52.1 Å². The van der Waals surface area contributed by atoms with Crippen LogP contribution in [0.25, 0.3) is 6.08 Å². The van der Waals surface area contributed by atoms with Gasteiger partial charge in [-0.2, -0.15) is 0 Å². The molecule has 0 saturated carbocycles. The van der Waals surface area contributed by atoms with Crippen molar-refractivity contribution in [1.29, 1.82) is 0 Å². The van der Waals surface area contributed by atoms with E-state index in [9.17, 15) is 19.7 Å². The molecule has 0 aliphatic carbocycles. The number of carbonyl (C=O) groups excluding carboxylic acids is 2. The molecular weight excluding hydrogens is 439 g/mol. The van der Waals surface area contributed by atoms with E-state index < -0.39 is 22.7 Å². The van der Waals surface area contributed by atoms with E-state index in [1.165, 1.54) is 36.4 Å². The van der Waals surface area contributed by atoms with Crippen molar-refractivity contribution in [2.75, 3.05) is 11.4 Å². The van der Waals surface area contributed by atoms with Crippen LogP contribution in [0.3, 0.4) is 0 Å². The van der Waals surface area contributed by atoms with Gasteiger partial charge in [0.1, 0.15) is 11.5 Å². The van der Waals surface area contributed by atoms with E-state index in [0.717, 1.165) is 29.1 Å². The molecule has 2 aliphatic rings. The Morgan fingerprint density at radius 1 is 1.24 bits per heavy atom. The molecule has 0 bridgehead atoms. The topological polar surface area (TPSA) is 95.8 Å². The molecule has 34 heavy (non-hydrogen) atoms. The molecular formula is C25H27FN4O4. The summed E-state index contributed by atoms with van der Waals surface area (Å²) in [5.41, 5.74) is 2.47. The molecule has 3 amide bonds. The molecule has 1 atom stereocenters. The van der Waals surface area contributed by atoms with Crippen molar-refractivity contribution in [3.8, 4) is 0 Å². The summed E-state index contributed by atoms with van der Waals surface area (Å²) in [6.07, 6.45) is 2.28. The van der Waals surface area contributed by atoms with Gasteiger partial charge in [-0.1, -0.05) is 19.1 Å². The van der Waals surface area contributed by atoms with E-state index in [1.54, 1.807) is 6.07 Å². The van der Waals surface area contributed by atoms with Gasteiger partial charge in [0.25, 0.3) is 11.6 Å². The number of nitro groups is 1. The summed E-state index contributed by atoms with van der Waals surface area (Å²) in [6.45, 7) is 9.15. The Hall–Kier alpha value is -3.75. The lowest BCUT2D eigenvalue weighted by molar-refractivity contribution is -0.384. The number of rotatable bonds is 5. The number of hydrogen-bond donors (Lipinski definition) is 1. The second-order valence-electron chi connectivity index (χ2n) is 9.40. The molecule has 178 valence electrons. The number of nitro benzene ring substituents is 1. The van der Waals surface area contributed by atoms with Gasteiger partial charge in [-0.25, -0.2) is 9.18 Å². The van der Waals surface area contributed by atoms with Gasteiger partial charge in [-0.05, 0) is 62.4 Å². The fraction of sp³-hybridized carbons (Fsp3) is 0.360. The maximum absolute atomic E-state index is 15.1. The van der Waals surface area contributed by atoms with Crippen molar-refractivity contribution in [3.05, 3.63) is 74.7 Å². The number of nitrogens with zero attached hydrogens (tertiary/aromatic N) is 3. The predicted molar refractivity (Wildman–Crippen MR) is 127 cm³/mol. The summed E-state index contributed by atoms with van der Waals surface area (Å²) in [5.74, 6) is -0.839. The Bertz CT molecular complexity index is 1210. The number of imide groups is 1. The van der Waals surface area contributed by atoms with Crippen LogP contribution in [0.2, 0.25) is 0 Å². The molecule has 1 N–H and O–H groups in total. The summed E-state index contributed by atoms with van der Waals surface area (Å²) in [4.78, 5) is 38.8. The number of nitrogens with one attached hydrogen (secondary N) is 1. The second kappa shape index (κ2) is 8.55. The zero-order chi connectivity index (χ0) is 24.8. The average Bonchev–Trinajstić information content (AvgIpc) is 3.02. The van der Waals surface area contributed by atoms with E-state index in [1.807, 2.05) is 6.92 Å². The summed E-state index contributed by atoms with van der Waals surface area (Å²) in [7, 11) is 0. The summed E-state index contributed by atoms with van der Waals surface area (Å²) in [6, 6.07) is 8.26. The van der Waals surface area contributed by atoms with Crippen LogP contribution in [0.1, 0.15) is 56.7 Å². The number of fused-ring (bicyclic) bond motifs is 1. The van der Waals surface area contributed by atoms with Gasteiger partial charge in [-0.15, -0.1) is 0 Å². The van der Waals surface area contributed by atoms with Crippen LogP contribution in [0.15, 0.2) is 42.1 Å². The number of benzene rings is 2. The number of anilines is 1. The van der Waals surface area contributed by atoms with Crippen LogP contribution in [0.5, 0.6) is 0 Å². The molecule has 0 radical (unpaired) electrons. The van der Waals surface area contributed by atoms with E-state index in [4.69, 9.17) is 0 Å². The van der Waals surface area contributed by atoms with E-state index >= 15 is 4.39 Å². The third kappa shape index (κ3) is 4.13. The van der Waals surface area contributed by atoms with Gasteiger partial charge in [-0.3, -0.25) is 19.8 Å². The van der Waals surface area contributed by atoms with Crippen molar-refractivity contribution < 1.29 is 18.9 Å². The fourth-order valence-electron chi connectivity index (χ4n) is 5.01. The van der Waals surface area contributed by atoms with Crippen molar-refractivity contribution in [1.82, 2.24) is 10.2 Å². The molecule has 2 aromatic carbocycles. The first-order valence-electron chi connectivity index (χ1n) is 11.2. The van der Waals surface area contributed by atoms with Crippen LogP contribution >= 0.6 is 0 Å². The van der Waals surface area contributed by atoms with Crippen molar-refractivity contribution in [2.24, 2.45) is 0 Å². The molecule has 0 aromatic heterocycles. The highest BCUT2D eigenvalue weighted by Gasteiger charge is 2.37. The van der Waals surface area contributed by atoms with Crippen LogP contribution in [0, 0.1) is 15.9 Å². The fourth-order valence-corrected chi connectivity index (χ4v) is 5.01. The Morgan fingerprint density at radius 2 is 1.91 bits per heavy atom. The zero-order valence-corrected chi connectivity index (χ0v) is 19.6. The number of hydrogen-bond acceptors (Lipinski definition) is 5. The summed E-state index contributed by atoms with van der Waals surface area (Å²) in [5, 5.41) is 13.3. The van der Waals surface area contributed by atoms with Gasteiger partial charge >= 0.3 is 6.03 Å². The average molecular weight is 467 g/mol. The highest BCUT2D eigenvalue weighted by atomic mass is 19.1. The maximum atomic E-state index is 15.1. The Morgan fingerprint density at radius 3 is 2.53 bits per heavy atom. The highest BCUT2D eigenvalue weighted by Crippen LogP contribution is 2.44. The molecule has 1 fully saturated rings. The molecule has 4 rings (SSSR count). The van der Waals surface area contributed by atoms with Crippen LogP contribution in [-0.4, -0.2) is 33.8 Å². The van der Waals surface area contributed by atoms with Crippen LogP contribution in [0.4, 0.5) is 20.6 Å². The highest BCUT2D eigenvalue weighted by molar-refractivity contribution is 6.13. The Balaban J connectivity index is 1.61. The molecule has 9 heteroatoms. The summed E-state index contributed by atoms with van der Waals surface area (Å²) >= 11 is 0. The Labute approximate surface area is 197 Å². The number of carbonyl (C=O) groups is 2. The minimum absolute atomic E-state index is 0.0121. The second-order valence-corrected chi connectivity index (χ2v) is 9.40. The minimum atomic E-state index is -0.625. The lowest BCUT2D eigenvalue weighted by Crippen LogP contribution is -2.48. The van der Waals surface area contributed by atoms with E-state index in [0.29, 0.717) is 5.56 Å². The normalized spacial score (nSPS) is 20.5. The quantitative estimate of drug-likeness (QED) is 0.291. The minimum Gasteiger partial charge on any atom is -0.366 e. The van der Waals surface area contributed by atoms with Gasteiger partial charge < -0.3 is 10.2 Å². The van der Waals surface area contributed by atoms with Gasteiger partial charge in [0.2, 0.25) is 0 Å². The zero-order valence-electron chi connectivity index (χ0n) is 19.6. The van der Waals surface area contributed by atoms with E-state index in [2.05, 4.69) is 31.0 Å². The van der Waals surface area contributed by atoms with Gasteiger partial charge in [0.15, 0.2) is 0 Å². The Kier molecular flexibility index (Phi) is 5.89. The summed E-state index contributed by atoms with van der Waals surface area (Å²) < 4.78 is 15.1. The van der Waals surface area contributed by atoms with Crippen LogP contribution in [-0.2, 0) is 11.3 Å². The molecule has 0 spiro atoms. The van der Waals surface area contributed by atoms with E-state index in [-0.39, 0.29) is 34.9 Å². The SMILES string of the molecule is CCN1c2cc(F)c(/C=C3/NC(=O)N(Cc4ccc([N+](=O)[O-])cc4)C3=O)cc2C(C)CC1(C)C. The number of amides is 3. The predicted octanol–water partition coefficient (Wildman–Crippen LogP) is 4.94. The van der Waals surface area contributed by atoms with Crippen molar-refractivity contribution in [3.63, 3.8) is 0 Å². The molecule has 2 aliphatic heterocycles. The number of urea groups is 1. The first kappa shape index (κ1) is 23.4. The van der Waals surface area contributed by atoms with Crippen LogP contribution < -0.4 is 10.2 Å². The molecule has 8 nitrogen and oxygen atoms in total. The lowest BCUT2D eigenvalue weighted by Gasteiger charge is -2.47. The maximum Gasteiger partial charge on any atom is 0.329 e. The molecule has 2 heterocycles. The van der Waals surface area contributed by atoms with Crippen molar-refractivity contribution >= 4 is 29.4 Å². The first-order valence-corrected chi connectivity index (χ1v) is 11.2. The third-order valence-corrected chi connectivity index (χ3v) is 6.57. The monoisotopic (exact) mass is 466 g/mol. The van der Waals surface area contributed by atoms with Gasteiger partial charge in [0.05, 0.1) is 11.5 Å². The lowest BCUT2D eigenvalue weighted by atomic mass is 9.79. The number of halogens is 1. The molecule has 2 aromatic rings. The largest absolute Gasteiger partial charge is 0.366 e. The smallest absolute Gasteiger partial charge is 0.329 e. The molecule has 1 saturated heterocycles. The first-order chi connectivity index (χ1) is 16.0. The molecule has 1 unspecified atom stereocenters. The number of non-ortho nitro benzene ring substituents is 1. The third-order valence-electron chi connectivity index (χ3n) is 6.57.